The van der Waals surface area contributed by atoms with E-state index in [2.05, 4.69) is 12.1 Å². The molecule has 0 aromatic heterocycles. The van der Waals surface area contributed by atoms with E-state index in [1.54, 1.807) is 0 Å². The van der Waals surface area contributed by atoms with E-state index in [1.807, 2.05) is 78.9 Å². The van der Waals surface area contributed by atoms with Crippen LogP contribution in [0.15, 0.2) is 95.4 Å². The second kappa shape index (κ2) is 6.84. The summed E-state index contributed by atoms with van der Waals surface area (Å²) in [5, 5.41) is 7.63. The molecule has 1 aliphatic carbocycles. The van der Waals surface area contributed by atoms with Crippen molar-refractivity contribution in [2.45, 2.75) is 0 Å². The van der Waals surface area contributed by atoms with Gasteiger partial charge in [-0.15, -0.1) is 0 Å². The predicted octanol–water partition coefficient (Wildman–Crippen LogP) is 4.24. The average molecular weight is 379 g/mol. The van der Waals surface area contributed by atoms with Gasteiger partial charge in [0.05, 0.1) is 6.07 Å². The Bertz CT molecular complexity index is 1340. The summed E-state index contributed by atoms with van der Waals surface area (Å²) in [6.45, 7) is 0. The van der Waals surface area contributed by atoms with E-state index in [9.17, 15) is 0 Å². The van der Waals surface area contributed by atoms with Crippen molar-refractivity contribution in [2.75, 3.05) is 5.73 Å². The fraction of sp³-hybridized carbons (Fsp3) is 0. The number of hydrogen-bond donors (Lipinski definition) is 2. The van der Waals surface area contributed by atoms with E-state index in [1.165, 1.54) is 0 Å². The largest absolute Gasteiger partial charge is 0.457 e. The molecule has 0 atom stereocenters. The van der Waals surface area contributed by atoms with Crippen LogP contribution in [0.25, 0.3) is 33.4 Å². The summed E-state index contributed by atoms with van der Waals surface area (Å²) in [6, 6.07) is 29.2. The SMILES string of the molecule is Nc1ccc2c(-c3ccc(Oc4ccccc4)cc3)c3ccc(=[NH2+])cc-3oc2c1. The number of fused-ring (bicyclic) bond motifs is 2. The first-order valence-corrected chi connectivity index (χ1v) is 9.35. The fourth-order valence-corrected chi connectivity index (χ4v) is 3.55. The van der Waals surface area contributed by atoms with Crippen LogP contribution in [0, 0.1) is 0 Å². The lowest BCUT2D eigenvalue weighted by atomic mass is 9.93. The van der Waals surface area contributed by atoms with Gasteiger partial charge in [0, 0.05) is 34.3 Å². The van der Waals surface area contributed by atoms with Crippen molar-refractivity contribution >= 4 is 16.7 Å². The average Bonchev–Trinajstić information content (AvgIpc) is 2.73. The summed E-state index contributed by atoms with van der Waals surface area (Å²) in [4.78, 5) is 0. The Balaban J connectivity index is 1.66. The van der Waals surface area contributed by atoms with Gasteiger partial charge in [-0.1, -0.05) is 30.3 Å². The number of nitrogen functional groups attached to an aromatic ring is 1. The summed E-state index contributed by atoms with van der Waals surface area (Å²) < 4.78 is 12.0. The van der Waals surface area contributed by atoms with Crippen LogP contribution in [0.4, 0.5) is 5.69 Å². The number of para-hydroxylation sites is 1. The monoisotopic (exact) mass is 379 g/mol. The summed E-state index contributed by atoms with van der Waals surface area (Å²) in [7, 11) is 0. The number of nitrogens with two attached hydrogens (primary N) is 2. The second-order valence-electron chi connectivity index (χ2n) is 6.93. The Morgan fingerprint density at radius 1 is 0.759 bits per heavy atom. The molecule has 0 radical (unpaired) electrons. The van der Waals surface area contributed by atoms with E-state index < -0.39 is 0 Å². The molecule has 1 heterocycles. The van der Waals surface area contributed by atoms with Crippen LogP contribution in [0.5, 0.6) is 11.5 Å². The Labute approximate surface area is 167 Å². The molecular weight excluding hydrogens is 360 g/mol. The Morgan fingerprint density at radius 3 is 2.31 bits per heavy atom. The van der Waals surface area contributed by atoms with E-state index in [0.29, 0.717) is 11.0 Å². The van der Waals surface area contributed by atoms with Crippen LogP contribution in [0.2, 0.25) is 0 Å². The van der Waals surface area contributed by atoms with Gasteiger partial charge in [0.25, 0.3) is 0 Å². The first kappa shape index (κ1) is 17.1. The number of benzene rings is 4. The summed E-state index contributed by atoms with van der Waals surface area (Å²) in [6.07, 6.45) is 0. The van der Waals surface area contributed by atoms with Crippen molar-refractivity contribution in [3.63, 3.8) is 0 Å². The lowest BCUT2D eigenvalue weighted by Gasteiger charge is -2.15. The van der Waals surface area contributed by atoms with Gasteiger partial charge in [-0.3, -0.25) is 5.41 Å². The smallest absolute Gasteiger partial charge is 0.200 e. The molecule has 5 rings (SSSR count). The van der Waals surface area contributed by atoms with Crippen LogP contribution in [0.3, 0.4) is 0 Å². The first-order valence-electron chi connectivity index (χ1n) is 9.35. The lowest BCUT2D eigenvalue weighted by molar-refractivity contribution is -0.172. The van der Waals surface area contributed by atoms with E-state index in [4.69, 9.17) is 20.3 Å². The molecule has 29 heavy (non-hydrogen) atoms. The maximum absolute atomic E-state index is 6.09. The zero-order chi connectivity index (χ0) is 19.8. The summed E-state index contributed by atoms with van der Waals surface area (Å²) in [5.74, 6) is 2.31. The molecule has 1 aliphatic heterocycles. The minimum atomic E-state index is 0.655. The predicted molar refractivity (Wildman–Crippen MR) is 114 cm³/mol. The second-order valence-corrected chi connectivity index (χ2v) is 6.93. The third kappa shape index (κ3) is 3.21. The molecule has 0 fully saturated rings. The minimum Gasteiger partial charge on any atom is -0.457 e. The highest BCUT2D eigenvalue weighted by molar-refractivity contribution is 6.02. The van der Waals surface area contributed by atoms with Crippen LogP contribution in [-0.2, 0) is 0 Å². The molecule has 4 N–H and O–H groups in total. The van der Waals surface area contributed by atoms with Crippen LogP contribution in [0.1, 0.15) is 0 Å². The number of rotatable bonds is 3. The fourth-order valence-electron chi connectivity index (χ4n) is 3.55. The Kier molecular flexibility index (Phi) is 4.03. The number of ether oxygens (including phenoxy) is 1. The van der Waals surface area contributed by atoms with Crippen molar-refractivity contribution < 1.29 is 14.6 Å². The highest BCUT2D eigenvalue weighted by atomic mass is 16.5. The zero-order valence-electron chi connectivity index (χ0n) is 15.6. The van der Waals surface area contributed by atoms with Gasteiger partial charge in [-0.05, 0) is 48.0 Å². The van der Waals surface area contributed by atoms with E-state index in [0.717, 1.165) is 44.9 Å². The molecule has 0 spiro atoms. The number of anilines is 1. The van der Waals surface area contributed by atoms with Gasteiger partial charge in [-0.2, -0.15) is 0 Å². The van der Waals surface area contributed by atoms with Gasteiger partial charge < -0.3 is 14.9 Å². The molecule has 140 valence electrons. The molecular formula is C25H19N2O2+. The minimum absolute atomic E-state index is 0.655. The molecule has 0 unspecified atom stereocenters. The molecule has 2 aliphatic rings. The van der Waals surface area contributed by atoms with Crippen LogP contribution >= 0.6 is 0 Å². The van der Waals surface area contributed by atoms with Crippen molar-refractivity contribution in [3.05, 3.63) is 96.4 Å². The van der Waals surface area contributed by atoms with Crippen molar-refractivity contribution in [3.8, 4) is 33.9 Å². The molecule has 3 aromatic rings. The maximum Gasteiger partial charge on any atom is 0.200 e. The quantitative estimate of drug-likeness (QED) is 0.364. The zero-order valence-corrected chi connectivity index (χ0v) is 15.6. The molecule has 0 amide bonds. The van der Waals surface area contributed by atoms with Crippen LogP contribution in [-0.4, -0.2) is 0 Å². The molecule has 4 heteroatoms. The van der Waals surface area contributed by atoms with Gasteiger partial charge in [0.1, 0.15) is 22.8 Å². The third-order valence-corrected chi connectivity index (χ3v) is 4.89. The highest BCUT2D eigenvalue weighted by Gasteiger charge is 2.17. The first-order chi connectivity index (χ1) is 14.2. The molecule has 3 aromatic carbocycles. The summed E-state index contributed by atoms with van der Waals surface area (Å²) in [5.41, 5.74) is 10.5. The topological polar surface area (TPSA) is 74.0 Å². The Morgan fingerprint density at radius 2 is 1.52 bits per heavy atom. The standard InChI is InChI=1S/C25H18N2O2/c26-17-8-12-21-23(14-17)29-24-15-18(27)9-13-22(24)25(21)16-6-10-20(11-7-16)28-19-4-2-1-3-5-19/h1-15,26H,27H2/p+1. The lowest BCUT2D eigenvalue weighted by Crippen LogP contribution is -2.44. The molecule has 0 bridgehead atoms. The van der Waals surface area contributed by atoms with Crippen LogP contribution < -0.4 is 21.2 Å². The van der Waals surface area contributed by atoms with E-state index >= 15 is 0 Å². The van der Waals surface area contributed by atoms with Gasteiger partial charge >= 0.3 is 0 Å². The summed E-state index contributed by atoms with van der Waals surface area (Å²) >= 11 is 0. The van der Waals surface area contributed by atoms with Gasteiger partial charge in [-0.25, -0.2) is 0 Å². The molecule has 0 saturated heterocycles. The van der Waals surface area contributed by atoms with Crippen molar-refractivity contribution in [1.29, 1.82) is 0 Å². The highest BCUT2D eigenvalue weighted by Crippen LogP contribution is 2.40. The van der Waals surface area contributed by atoms with Gasteiger partial charge in [0.2, 0.25) is 0 Å². The normalized spacial score (nSPS) is 11.0. The number of hydrogen-bond acceptors (Lipinski definition) is 3. The van der Waals surface area contributed by atoms with Gasteiger partial charge in [0.15, 0.2) is 5.36 Å². The van der Waals surface area contributed by atoms with Crippen molar-refractivity contribution in [2.24, 2.45) is 0 Å². The van der Waals surface area contributed by atoms with Crippen molar-refractivity contribution in [1.82, 2.24) is 0 Å². The Hall–Kier alpha value is -4.05. The molecule has 4 nitrogen and oxygen atoms in total. The maximum atomic E-state index is 6.09. The van der Waals surface area contributed by atoms with E-state index in [-0.39, 0.29) is 0 Å². The molecule has 0 saturated carbocycles. The third-order valence-electron chi connectivity index (χ3n) is 4.89.